The second kappa shape index (κ2) is 11.6. The maximum atomic E-state index is 13.2. The summed E-state index contributed by atoms with van der Waals surface area (Å²) >= 11 is 0. The van der Waals surface area contributed by atoms with Crippen molar-refractivity contribution in [3.63, 3.8) is 0 Å². The van der Waals surface area contributed by atoms with Crippen LogP contribution in [0.15, 0.2) is 47.2 Å². The van der Waals surface area contributed by atoms with Crippen LogP contribution in [0.5, 0.6) is 0 Å². The Morgan fingerprint density at radius 1 is 1.16 bits per heavy atom. The first-order chi connectivity index (χ1) is 15.0. The lowest BCUT2D eigenvalue weighted by Crippen LogP contribution is -2.51. The number of benzene rings is 1. The number of rotatable bonds is 10. The molecule has 2 amide bonds. The van der Waals surface area contributed by atoms with Gasteiger partial charge in [0.1, 0.15) is 12.3 Å². The van der Waals surface area contributed by atoms with Gasteiger partial charge in [0, 0.05) is 6.92 Å². The van der Waals surface area contributed by atoms with Crippen LogP contribution in [-0.2, 0) is 16.0 Å². The number of carbonyl (C=O) groups is 2. The third-order valence-corrected chi connectivity index (χ3v) is 5.99. The first kappa shape index (κ1) is 23.0. The zero-order valence-corrected chi connectivity index (χ0v) is 18.1. The van der Waals surface area contributed by atoms with E-state index in [1.54, 1.807) is 0 Å². The van der Waals surface area contributed by atoms with Crippen LogP contribution in [0.25, 0.3) is 0 Å². The quantitative estimate of drug-likeness (QED) is 0.540. The molecule has 168 valence electrons. The van der Waals surface area contributed by atoms with Gasteiger partial charge in [-0.1, -0.05) is 62.4 Å². The Hall–Kier alpha value is -2.67. The number of hydrogen-bond donors (Lipinski definition) is 3. The fraction of sp³-hybridized carbons (Fsp3) is 0.542. The van der Waals surface area contributed by atoms with E-state index in [-0.39, 0.29) is 17.7 Å². The number of carbonyl (C=O) groups excluding carboxylic acids is 2. The standard InChI is InChI=1S/C24H33N3O4/c1-17(28)26-21(16-19-10-6-3-7-11-19)23(30)27-20(22(29)24-25-14-15-31-24)13-12-18-8-4-2-5-9-18/h2,4-5,8-9,14-15,19-22,29H,3,6-7,10-13,16H2,1H3,(H,26,28)(H,27,30)/t20-,21-,22?/m0/s1. The van der Waals surface area contributed by atoms with Crippen LogP contribution in [0, 0.1) is 5.92 Å². The van der Waals surface area contributed by atoms with Crippen molar-refractivity contribution >= 4 is 11.8 Å². The lowest BCUT2D eigenvalue weighted by atomic mass is 9.84. The van der Waals surface area contributed by atoms with Gasteiger partial charge in [0.15, 0.2) is 6.10 Å². The summed E-state index contributed by atoms with van der Waals surface area (Å²) in [5, 5.41) is 16.6. The van der Waals surface area contributed by atoms with Crippen molar-refractivity contribution in [3.8, 4) is 0 Å². The van der Waals surface area contributed by atoms with E-state index in [1.165, 1.54) is 38.6 Å². The Balaban J connectivity index is 1.69. The number of aliphatic hydroxyl groups is 1. The van der Waals surface area contributed by atoms with Gasteiger partial charge in [-0.2, -0.15) is 0 Å². The highest BCUT2D eigenvalue weighted by molar-refractivity contribution is 5.87. The molecule has 1 aliphatic carbocycles. The minimum Gasteiger partial charge on any atom is -0.446 e. The third kappa shape index (κ3) is 7.21. The van der Waals surface area contributed by atoms with E-state index in [4.69, 9.17) is 4.42 Å². The summed E-state index contributed by atoms with van der Waals surface area (Å²) in [5.74, 6) is 0.0898. The Kier molecular flexibility index (Phi) is 8.64. The van der Waals surface area contributed by atoms with Crippen molar-refractivity contribution in [3.05, 3.63) is 54.2 Å². The maximum Gasteiger partial charge on any atom is 0.242 e. The van der Waals surface area contributed by atoms with Gasteiger partial charge in [-0.3, -0.25) is 9.59 Å². The minimum absolute atomic E-state index is 0.168. The number of aromatic nitrogens is 1. The molecule has 0 saturated heterocycles. The molecule has 3 rings (SSSR count). The van der Waals surface area contributed by atoms with Crippen molar-refractivity contribution in [1.82, 2.24) is 15.6 Å². The zero-order valence-electron chi connectivity index (χ0n) is 18.1. The highest BCUT2D eigenvalue weighted by atomic mass is 16.4. The van der Waals surface area contributed by atoms with E-state index in [0.29, 0.717) is 25.2 Å². The van der Waals surface area contributed by atoms with Gasteiger partial charge in [-0.15, -0.1) is 0 Å². The van der Waals surface area contributed by atoms with Crippen molar-refractivity contribution in [2.45, 2.75) is 76.5 Å². The van der Waals surface area contributed by atoms with Crippen LogP contribution < -0.4 is 10.6 Å². The lowest BCUT2D eigenvalue weighted by molar-refractivity contribution is -0.129. The van der Waals surface area contributed by atoms with Crippen LogP contribution in [0.3, 0.4) is 0 Å². The monoisotopic (exact) mass is 427 g/mol. The molecule has 3 atom stereocenters. The maximum absolute atomic E-state index is 13.2. The summed E-state index contributed by atoms with van der Waals surface area (Å²) in [6.07, 6.45) is 9.34. The summed E-state index contributed by atoms with van der Waals surface area (Å²) in [5.41, 5.74) is 1.11. The molecule has 7 nitrogen and oxygen atoms in total. The normalized spacial score (nSPS) is 17.5. The van der Waals surface area contributed by atoms with Gasteiger partial charge in [0.05, 0.1) is 12.2 Å². The molecule has 0 bridgehead atoms. The molecule has 0 aliphatic heterocycles. The molecular weight excluding hydrogens is 394 g/mol. The Morgan fingerprint density at radius 3 is 2.55 bits per heavy atom. The van der Waals surface area contributed by atoms with E-state index in [0.717, 1.165) is 18.4 Å². The summed E-state index contributed by atoms with van der Waals surface area (Å²) in [6.45, 7) is 1.43. The molecule has 2 aromatic rings. The average Bonchev–Trinajstić information content (AvgIpc) is 3.31. The molecule has 1 aromatic carbocycles. The Morgan fingerprint density at radius 2 is 1.90 bits per heavy atom. The zero-order chi connectivity index (χ0) is 22.1. The molecule has 0 spiro atoms. The number of oxazole rings is 1. The largest absolute Gasteiger partial charge is 0.446 e. The first-order valence-corrected chi connectivity index (χ1v) is 11.2. The fourth-order valence-electron chi connectivity index (χ4n) is 4.34. The molecule has 1 aromatic heterocycles. The summed E-state index contributed by atoms with van der Waals surface area (Å²) in [6, 6.07) is 8.70. The van der Waals surface area contributed by atoms with Crippen LogP contribution in [-0.4, -0.2) is 34.0 Å². The predicted molar refractivity (Wildman–Crippen MR) is 117 cm³/mol. The molecule has 0 radical (unpaired) electrons. The Labute approximate surface area is 183 Å². The number of aliphatic hydroxyl groups excluding tert-OH is 1. The van der Waals surface area contributed by atoms with Gasteiger partial charge in [0.25, 0.3) is 0 Å². The summed E-state index contributed by atoms with van der Waals surface area (Å²) in [7, 11) is 0. The van der Waals surface area contributed by atoms with Crippen molar-refractivity contribution in [2.24, 2.45) is 5.92 Å². The SMILES string of the molecule is CC(=O)N[C@@H](CC1CCCCC1)C(=O)N[C@@H](CCc1ccccc1)C(O)c1ncco1. The van der Waals surface area contributed by atoms with Gasteiger partial charge >= 0.3 is 0 Å². The minimum atomic E-state index is -1.07. The summed E-state index contributed by atoms with van der Waals surface area (Å²) < 4.78 is 5.27. The molecule has 1 heterocycles. The van der Waals surface area contributed by atoms with Crippen LogP contribution in [0.4, 0.5) is 0 Å². The number of nitrogens with zero attached hydrogens (tertiary/aromatic N) is 1. The van der Waals surface area contributed by atoms with Gasteiger partial charge < -0.3 is 20.2 Å². The fourth-order valence-corrected chi connectivity index (χ4v) is 4.34. The molecule has 1 saturated carbocycles. The second-order valence-electron chi connectivity index (χ2n) is 8.45. The predicted octanol–water partition coefficient (Wildman–Crippen LogP) is 3.30. The van der Waals surface area contributed by atoms with Gasteiger partial charge in [-0.25, -0.2) is 4.98 Å². The van der Waals surface area contributed by atoms with E-state index < -0.39 is 18.2 Å². The van der Waals surface area contributed by atoms with Crippen LogP contribution in [0.1, 0.15) is 69.4 Å². The highest BCUT2D eigenvalue weighted by Gasteiger charge is 2.31. The lowest BCUT2D eigenvalue weighted by Gasteiger charge is -2.29. The van der Waals surface area contributed by atoms with Gasteiger partial charge in [0.2, 0.25) is 17.7 Å². The van der Waals surface area contributed by atoms with Crippen molar-refractivity contribution in [2.75, 3.05) is 0 Å². The summed E-state index contributed by atoms with van der Waals surface area (Å²) in [4.78, 5) is 29.0. The van der Waals surface area contributed by atoms with E-state index >= 15 is 0 Å². The van der Waals surface area contributed by atoms with Crippen LogP contribution in [0.2, 0.25) is 0 Å². The molecule has 7 heteroatoms. The smallest absolute Gasteiger partial charge is 0.242 e. The third-order valence-electron chi connectivity index (χ3n) is 5.99. The molecular formula is C24H33N3O4. The number of nitrogens with one attached hydrogen (secondary N) is 2. The van der Waals surface area contributed by atoms with E-state index in [2.05, 4.69) is 15.6 Å². The molecule has 1 fully saturated rings. The first-order valence-electron chi connectivity index (χ1n) is 11.2. The van der Waals surface area contributed by atoms with E-state index in [9.17, 15) is 14.7 Å². The number of aryl methyl sites for hydroxylation is 1. The number of amides is 2. The van der Waals surface area contributed by atoms with Crippen molar-refractivity contribution < 1.29 is 19.1 Å². The topological polar surface area (TPSA) is 104 Å². The second-order valence-corrected chi connectivity index (χ2v) is 8.45. The molecule has 1 unspecified atom stereocenters. The van der Waals surface area contributed by atoms with Crippen LogP contribution >= 0.6 is 0 Å². The number of hydrogen-bond acceptors (Lipinski definition) is 5. The molecule has 31 heavy (non-hydrogen) atoms. The van der Waals surface area contributed by atoms with Gasteiger partial charge in [-0.05, 0) is 30.7 Å². The van der Waals surface area contributed by atoms with E-state index in [1.807, 2.05) is 30.3 Å². The average molecular weight is 428 g/mol. The molecule has 3 N–H and O–H groups in total. The molecule has 1 aliphatic rings. The Bertz CT molecular complexity index is 803. The highest BCUT2D eigenvalue weighted by Crippen LogP contribution is 2.28. The van der Waals surface area contributed by atoms with Crippen molar-refractivity contribution in [1.29, 1.82) is 0 Å².